The SMILES string of the molecule is C[C@H](NC(=O)CNC(=O)OCc1ccccc1)C(=O)N[C@@H](C=O)Cc1ccc(O)cc1. The van der Waals surface area contributed by atoms with E-state index in [-0.39, 0.29) is 25.3 Å². The first-order valence-electron chi connectivity index (χ1n) is 9.65. The lowest BCUT2D eigenvalue weighted by atomic mass is 10.1. The first kappa shape index (κ1) is 23.4. The Kier molecular flexibility index (Phi) is 9.03. The van der Waals surface area contributed by atoms with Gasteiger partial charge >= 0.3 is 6.09 Å². The lowest BCUT2D eigenvalue weighted by molar-refractivity contribution is -0.129. The molecule has 3 amide bonds. The van der Waals surface area contributed by atoms with Crippen LogP contribution in [0.3, 0.4) is 0 Å². The molecule has 2 aromatic rings. The number of ether oxygens (including phenoxy) is 1. The van der Waals surface area contributed by atoms with E-state index in [9.17, 15) is 24.3 Å². The predicted molar refractivity (Wildman–Crippen MR) is 112 cm³/mol. The quantitative estimate of drug-likeness (QED) is 0.419. The second-order valence-corrected chi connectivity index (χ2v) is 6.83. The molecule has 31 heavy (non-hydrogen) atoms. The smallest absolute Gasteiger partial charge is 0.407 e. The number of hydrogen-bond donors (Lipinski definition) is 4. The number of nitrogens with one attached hydrogen (secondary N) is 3. The summed E-state index contributed by atoms with van der Waals surface area (Å²) in [5.74, 6) is -1.03. The van der Waals surface area contributed by atoms with Crippen LogP contribution >= 0.6 is 0 Å². The Morgan fingerprint density at radius 1 is 1.00 bits per heavy atom. The number of phenolic OH excluding ortho intramolecular Hbond substituents is 1. The Bertz CT molecular complexity index is 886. The third kappa shape index (κ3) is 8.57. The van der Waals surface area contributed by atoms with Crippen molar-refractivity contribution >= 4 is 24.2 Å². The molecule has 164 valence electrons. The van der Waals surface area contributed by atoms with Crippen molar-refractivity contribution in [3.63, 3.8) is 0 Å². The van der Waals surface area contributed by atoms with Gasteiger partial charge in [0.05, 0.1) is 6.04 Å². The number of rotatable bonds is 10. The molecule has 0 saturated carbocycles. The first-order valence-corrected chi connectivity index (χ1v) is 9.65. The summed E-state index contributed by atoms with van der Waals surface area (Å²) >= 11 is 0. The summed E-state index contributed by atoms with van der Waals surface area (Å²) in [6.45, 7) is 1.17. The van der Waals surface area contributed by atoms with E-state index in [1.165, 1.54) is 19.1 Å². The van der Waals surface area contributed by atoms with Crippen LogP contribution in [-0.2, 0) is 32.1 Å². The maximum Gasteiger partial charge on any atom is 0.407 e. The number of carbonyl (C=O) groups excluding carboxylic acids is 4. The Labute approximate surface area is 179 Å². The zero-order valence-electron chi connectivity index (χ0n) is 17.0. The monoisotopic (exact) mass is 427 g/mol. The Morgan fingerprint density at radius 3 is 2.32 bits per heavy atom. The van der Waals surface area contributed by atoms with Crippen LogP contribution in [0.15, 0.2) is 54.6 Å². The highest BCUT2D eigenvalue weighted by atomic mass is 16.5. The van der Waals surface area contributed by atoms with Crippen LogP contribution in [0.1, 0.15) is 18.1 Å². The summed E-state index contributed by atoms with van der Waals surface area (Å²) < 4.78 is 5.00. The molecule has 0 aliphatic carbocycles. The fourth-order valence-corrected chi connectivity index (χ4v) is 2.61. The van der Waals surface area contributed by atoms with Gasteiger partial charge in [-0.1, -0.05) is 42.5 Å². The van der Waals surface area contributed by atoms with Gasteiger partial charge in [0, 0.05) is 0 Å². The molecule has 0 unspecified atom stereocenters. The molecule has 9 heteroatoms. The van der Waals surface area contributed by atoms with E-state index in [2.05, 4.69) is 16.0 Å². The summed E-state index contributed by atoms with van der Waals surface area (Å²) in [5.41, 5.74) is 1.56. The normalized spacial score (nSPS) is 12.2. The fourth-order valence-electron chi connectivity index (χ4n) is 2.61. The number of amides is 3. The van der Waals surface area contributed by atoms with E-state index >= 15 is 0 Å². The van der Waals surface area contributed by atoms with Gasteiger partial charge < -0.3 is 30.6 Å². The molecule has 0 radical (unpaired) electrons. The largest absolute Gasteiger partial charge is 0.508 e. The van der Waals surface area contributed by atoms with E-state index < -0.39 is 30.0 Å². The minimum Gasteiger partial charge on any atom is -0.508 e. The average Bonchev–Trinajstić information content (AvgIpc) is 2.77. The standard InChI is InChI=1S/C22H25N3O6/c1-15(21(29)25-18(13-26)11-16-7-9-19(27)10-8-16)24-20(28)12-23-22(30)31-14-17-5-3-2-4-6-17/h2-10,13,15,18,27H,11-12,14H2,1H3,(H,23,30)(H,24,28)(H,25,29)/t15-,18+/m0/s1. The van der Waals surface area contributed by atoms with E-state index in [4.69, 9.17) is 4.74 Å². The average molecular weight is 427 g/mol. The Morgan fingerprint density at radius 2 is 1.68 bits per heavy atom. The molecular formula is C22H25N3O6. The third-order valence-electron chi connectivity index (χ3n) is 4.26. The Balaban J connectivity index is 1.71. The van der Waals surface area contributed by atoms with Gasteiger partial charge in [0.15, 0.2) is 0 Å². The topological polar surface area (TPSA) is 134 Å². The van der Waals surface area contributed by atoms with Gasteiger partial charge in [0.25, 0.3) is 0 Å². The second-order valence-electron chi connectivity index (χ2n) is 6.83. The van der Waals surface area contributed by atoms with Crippen LogP contribution in [0.2, 0.25) is 0 Å². The summed E-state index contributed by atoms with van der Waals surface area (Å²) in [5, 5.41) is 16.6. The van der Waals surface area contributed by atoms with Crippen LogP contribution in [0.5, 0.6) is 5.75 Å². The van der Waals surface area contributed by atoms with Gasteiger partial charge in [-0.2, -0.15) is 0 Å². The number of aldehydes is 1. The van der Waals surface area contributed by atoms with Crippen LogP contribution in [0.4, 0.5) is 4.79 Å². The molecule has 0 aliphatic rings. The lowest BCUT2D eigenvalue weighted by Crippen LogP contribution is -2.51. The molecule has 4 N–H and O–H groups in total. The van der Waals surface area contributed by atoms with E-state index in [1.807, 2.05) is 18.2 Å². The molecule has 0 aliphatic heterocycles. The third-order valence-corrected chi connectivity index (χ3v) is 4.26. The number of hydrogen-bond acceptors (Lipinski definition) is 6. The van der Waals surface area contributed by atoms with Crippen molar-refractivity contribution in [3.05, 3.63) is 65.7 Å². The Hall–Kier alpha value is -3.88. The van der Waals surface area contributed by atoms with Crippen molar-refractivity contribution in [2.45, 2.75) is 32.0 Å². The summed E-state index contributed by atoms with van der Waals surface area (Å²) in [7, 11) is 0. The summed E-state index contributed by atoms with van der Waals surface area (Å²) in [4.78, 5) is 47.2. The van der Waals surface area contributed by atoms with E-state index in [0.717, 1.165) is 11.1 Å². The van der Waals surface area contributed by atoms with Crippen molar-refractivity contribution < 1.29 is 29.0 Å². The molecule has 0 aromatic heterocycles. The summed E-state index contributed by atoms with van der Waals surface area (Å²) in [6, 6.07) is 13.6. The number of benzene rings is 2. The van der Waals surface area contributed by atoms with E-state index in [0.29, 0.717) is 6.29 Å². The van der Waals surface area contributed by atoms with Crippen molar-refractivity contribution in [2.75, 3.05) is 6.54 Å². The molecule has 0 fully saturated rings. The molecule has 2 atom stereocenters. The van der Waals surface area contributed by atoms with Gasteiger partial charge in [-0.3, -0.25) is 9.59 Å². The molecule has 2 rings (SSSR count). The molecule has 0 heterocycles. The molecule has 9 nitrogen and oxygen atoms in total. The minimum absolute atomic E-state index is 0.0707. The minimum atomic E-state index is -0.920. The van der Waals surface area contributed by atoms with Crippen molar-refractivity contribution in [1.82, 2.24) is 16.0 Å². The maximum absolute atomic E-state index is 12.3. The molecule has 0 saturated heterocycles. The van der Waals surface area contributed by atoms with Crippen LogP contribution < -0.4 is 16.0 Å². The van der Waals surface area contributed by atoms with Gasteiger partial charge in [0.2, 0.25) is 11.8 Å². The zero-order chi connectivity index (χ0) is 22.6. The van der Waals surface area contributed by atoms with Crippen LogP contribution in [0, 0.1) is 0 Å². The number of phenols is 1. The van der Waals surface area contributed by atoms with Gasteiger partial charge in [-0.05, 0) is 36.6 Å². The number of carbonyl (C=O) groups is 4. The number of aromatic hydroxyl groups is 1. The number of alkyl carbamates (subject to hydrolysis) is 1. The highest BCUT2D eigenvalue weighted by Gasteiger charge is 2.19. The first-order chi connectivity index (χ1) is 14.9. The van der Waals surface area contributed by atoms with Gasteiger partial charge in [-0.25, -0.2) is 4.79 Å². The van der Waals surface area contributed by atoms with Crippen molar-refractivity contribution in [3.8, 4) is 5.75 Å². The molecular weight excluding hydrogens is 402 g/mol. The molecule has 0 spiro atoms. The van der Waals surface area contributed by atoms with E-state index in [1.54, 1.807) is 24.3 Å². The highest BCUT2D eigenvalue weighted by Crippen LogP contribution is 2.11. The maximum atomic E-state index is 12.3. The fraction of sp³-hybridized carbons (Fsp3) is 0.273. The molecule has 2 aromatic carbocycles. The predicted octanol–water partition coefficient (Wildman–Crippen LogP) is 1.05. The van der Waals surface area contributed by atoms with Gasteiger partial charge in [-0.15, -0.1) is 0 Å². The molecule has 0 bridgehead atoms. The van der Waals surface area contributed by atoms with Crippen molar-refractivity contribution in [2.24, 2.45) is 0 Å². The second kappa shape index (κ2) is 12.0. The zero-order valence-corrected chi connectivity index (χ0v) is 17.0. The lowest BCUT2D eigenvalue weighted by Gasteiger charge is -2.18. The summed E-state index contributed by atoms with van der Waals surface area (Å²) in [6.07, 6.45) is 0.0835. The van der Waals surface area contributed by atoms with Crippen LogP contribution in [0.25, 0.3) is 0 Å². The van der Waals surface area contributed by atoms with Gasteiger partial charge in [0.1, 0.15) is 31.2 Å². The van der Waals surface area contributed by atoms with Crippen LogP contribution in [-0.4, -0.2) is 47.9 Å². The van der Waals surface area contributed by atoms with Crippen molar-refractivity contribution in [1.29, 1.82) is 0 Å². The highest BCUT2D eigenvalue weighted by molar-refractivity contribution is 5.90.